The van der Waals surface area contributed by atoms with Crippen molar-refractivity contribution in [2.75, 3.05) is 12.3 Å². The Balaban J connectivity index is 1.75. The van der Waals surface area contributed by atoms with Crippen molar-refractivity contribution < 1.29 is 4.79 Å². The van der Waals surface area contributed by atoms with Gasteiger partial charge in [0.15, 0.2) is 5.78 Å². The molecular weight excluding hydrogens is 260 g/mol. The summed E-state index contributed by atoms with van der Waals surface area (Å²) in [5, 5.41) is 0. The van der Waals surface area contributed by atoms with Crippen LogP contribution in [0.1, 0.15) is 28.4 Å². The molecule has 2 N–H and O–H groups in total. The van der Waals surface area contributed by atoms with Gasteiger partial charge >= 0.3 is 0 Å². The molecule has 1 unspecified atom stereocenters. The number of rotatable bonds is 3. The van der Waals surface area contributed by atoms with Crippen LogP contribution >= 0.6 is 0 Å². The van der Waals surface area contributed by atoms with Gasteiger partial charge in [-0.05, 0) is 48.7 Å². The summed E-state index contributed by atoms with van der Waals surface area (Å²) in [6.45, 7) is 3.77. The lowest BCUT2D eigenvalue weighted by atomic mass is 9.96. The molecule has 0 saturated heterocycles. The number of hydrogen-bond donors (Lipinski definition) is 1. The molecule has 0 bridgehead atoms. The number of fused-ring (bicyclic) bond motifs is 1. The number of ketones is 1. The van der Waals surface area contributed by atoms with E-state index in [4.69, 9.17) is 5.73 Å². The fourth-order valence-electron chi connectivity index (χ4n) is 2.90. The largest absolute Gasteiger partial charge is 0.399 e. The minimum Gasteiger partial charge on any atom is -0.399 e. The molecule has 3 heteroatoms. The van der Waals surface area contributed by atoms with Gasteiger partial charge in [0.25, 0.3) is 0 Å². The fourth-order valence-corrected chi connectivity index (χ4v) is 2.90. The second kappa shape index (κ2) is 5.70. The van der Waals surface area contributed by atoms with E-state index in [9.17, 15) is 4.79 Å². The van der Waals surface area contributed by atoms with Crippen molar-refractivity contribution in [2.24, 2.45) is 0 Å². The van der Waals surface area contributed by atoms with Crippen LogP contribution in [-0.4, -0.2) is 23.3 Å². The van der Waals surface area contributed by atoms with Gasteiger partial charge in [0.1, 0.15) is 0 Å². The van der Waals surface area contributed by atoms with Gasteiger partial charge < -0.3 is 5.73 Å². The molecule has 2 aromatic rings. The van der Waals surface area contributed by atoms with Crippen LogP contribution in [0.15, 0.2) is 48.5 Å². The number of nitrogens with zero attached hydrogens (tertiary/aromatic N) is 1. The van der Waals surface area contributed by atoms with E-state index in [1.54, 1.807) is 12.1 Å². The van der Waals surface area contributed by atoms with Crippen LogP contribution in [-0.2, 0) is 13.0 Å². The second-order valence-electron chi connectivity index (χ2n) is 5.65. The van der Waals surface area contributed by atoms with Crippen LogP contribution in [0.3, 0.4) is 0 Å². The third-order valence-corrected chi connectivity index (χ3v) is 4.28. The van der Waals surface area contributed by atoms with Crippen LogP contribution in [0, 0.1) is 0 Å². The Kier molecular flexibility index (Phi) is 3.76. The van der Waals surface area contributed by atoms with E-state index in [1.165, 1.54) is 11.1 Å². The van der Waals surface area contributed by atoms with Crippen molar-refractivity contribution in [3.63, 3.8) is 0 Å². The highest BCUT2D eigenvalue weighted by Crippen LogP contribution is 2.21. The highest BCUT2D eigenvalue weighted by molar-refractivity contribution is 6.00. The molecular formula is C18H20N2O. The third kappa shape index (κ3) is 2.83. The number of nitrogens with two attached hydrogens (primary N) is 1. The smallest absolute Gasteiger partial charge is 0.179 e. The van der Waals surface area contributed by atoms with E-state index in [1.807, 2.05) is 19.1 Å². The SMILES string of the molecule is CC(C(=O)c1ccc(N)cc1)N1CCc2ccccc2C1. The van der Waals surface area contributed by atoms with E-state index in [2.05, 4.69) is 29.2 Å². The summed E-state index contributed by atoms with van der Waals surface area (Å²) >= 11 is 0. The van der Waals surface area contributed by atoms with Gasteiger partial charge in [-0.1, -0.05) is 24.3 Å². The number of carbonyl (C=O) groups excluding carboxylic acids is 1. The molecule has 0 aliphatic carbocycles. The highest BCUT2D eigenvalue weighted by atomic mass is 16.1. The first-order valence-electron chi connectivity index (χ1n) is 7.36. The Labute approximate surface area is 125 Å². The van der Waals surface area contributed by atoms with E-state index >= 15 is 0 Å². The molecule has 2 aromatic carbocycles. The summed E-state index contributed by atoms with van der Waals surface area (Å²) in [6.07, 6.45) is 1.01. The molecule has 0 radical (unpaired) electrons. The number of benzene rings is 2. The fraction of sp³-hybridized carbons (Fsp3) is 0.278. The Morgan fingerprint density at radius 2 is 1.76 bits per heavy atom. The Morgan fingerprint density at radius 1 is 1.10 bits per heavy atom. The molecule has 1 aliphatic rings. The van der Waals surface area contributed by atoms with Gasteiger partial charge in [-0.2, -0.15) is 0 Å². The van der Waals surface area contributed by atoms with Crippen molar-refractivity contribution in [1.29, 1.82) is 0 Å². The van der Waals surface area contributed by atoms with E-state index < -0.39 is 0 Å². The van der Waals surface area contributed by atoms with Crippen molar-refractivity contribution in [3.8, 4) is 0 Å². The first-order valence-corrected chi connectivity index (χ1v) is 7.36. The lowest BCUT2D eigenvalue weighted by molar-refractivity contribution is 0.0819. The lowest BCUT2D eigenvalue weighted by Gasteiger charge is -2.33. The average molecular weight is 280 g/mol. The number of nitrogen functional groups attached to an aromatic ring is 1. The van der Waals surface area contributed by atoms with Gasteiger partial charge in [-0.25, -0.2) is 0 Å². The molecule has 1 atom stereocenters. The number of carbonyl (C=O) groups is 1. The van der Waals surface area contributed by atoms with Crippen LogP contribution in [0.5, 0.6) is 0 Å². The minimum atomic E-state index is -0.109. The summed E-state index contributed by atoms with van der Waals surface area (Å²) in [4.78, 5) is 14.8. The van der Waals surface area contributed by atoms with E-state index in [0.717, 1.165) is 25.1 Å². The predicted octanol–water partition coefficient (Wildman–Crippen LogP) is 2.90. The molecule has 1 heterocycles. The highest BCUT2D eigenvalue weighted by Gasteiger charge is 2.25. The molecule has 21 heavy (non-hydrogen) atoms. The molecule has 1 aliphatic heterocycles. The zero-order chi connectivity index (χ0) is 14.8. The number of Topliss-reactive ketones (excluding diaryl/α,β-unsaturated/α-hetero) is 1. The monoisotopic (exact) mass is 280 g/mol. The summed E-state index contributed by atoms with van der Waals surface area (Å²) < 4.78 is 0. The minimum absolute atomic E-state index is 0.109. The number of anilines is 1. The van der Waals surface area contributed by atoms with Crippen molar-refractivity contribution in [1.82, 2.24) is 4.90 Å². The van der Waals surface area contributed by atoms with E-state index in [-0.39, 0.29) is 11.8 Å². The van der Waals surface area contributed by atoms with Gasteiger partial charge in [0.05, 0.1) is 6.04 Å². The first kappa shape index (κ1) is 13.8. The lowest BCUT2D eigenvalue weighted by Crippen LogP contribution is -2.42. The van der Waals surface area contributed by atoms with Gasteiger partial charge in [0.2, 0.25) is 0 Å². The molecule has 0 fully saturated rings. The van der Waals surface area contributed by atoms with Crippen LogP contribution in [0.4, 0.5) is 5.69 Å². The maximum Gasteiger partial charge on any atom is 0.179 e. The van der Waals surface area contributed by atoms with Gasteiger partial charge in [-0.15, -0.1) is 0 Å². The normalized spacial score (nSPS) is 16.2. The third-order valence-electron chi connectivity index (χ3n) is 4.28. The molecule has 0 saturated carbocycles. The zero-order valence-corrected chi connectivity index (χ0v) is 12.3. The van der Waals surface area contributed by atoms with Crippen LogP contribution < -0.4 is 5.73 Å². The predicted molar refractivity (Wildman–Crippen MR) is 85.2 cm³/mol. The zero-order valence-electron chi connectivity index (χ0n) is 12.3. The van der Waals surface area contributed by atoms with E-state index in [0.29, 0.717) is 5.69 Å². The summed E-state index contributed by atoms with van der Waals surface area (Å²) in [7, 11) is 0. The topological polar surface area (TPSA) is 46.3 Å². The summed E-state index contributed by atoms with van der Waals surface area (Å²) in [5.41, 5.74) is 9.83. The summed E-state index contributed by atoms with van der Waals surface area (Å²) in [6, 6.07) is 15.6. The first-order chi connectivity index (χ1) is 10.1. The molecule has 108 valence electrons. The molecule has 3 rings (SSSR count). The quantitative estimate of drug-likeness (QED) is 0.694. The van der Waals surface area contributed by atoms with Crippen molar-refractivity contribution in [2.45, 2.75) is 25.9 Å². The standard InChI is InChI=1S/C18H20N2O/c1-13(18(21)15-6-8-17(19)9-7-15)20-11-10-14-4-2-3-5-16(14)12-20/h2-9,13H,10-12,19H2,1H3. The second-order valence-corrected chi connectivity index (χ2v) is 5.65. The van der Waals surface area contributed by atoms with Gasteiger partial charge in [0, 0.05) is 24.3 Å². The van der Waals surface area contributed by atoms with Crippen molar-refractivity contribution >= 4 is 11.5 Å². The maximum absolute atomic E-state index is 12.6. The molecule has 3 nitrogen and oxygen atoms in total. The van der Waals surface area contributed by atoms with Crippen LogP contribution in [0.2, 0.25) is 0 Å². The molecule has 0 amide bonds. The average Bonchev–Trinajstić information content (AvgIpc) is 2.54. The Morgan fingerprint density at radius 3 is 2.48 bits per heavy atom. The van der Waals surface area contributed by atoms with Crippen molar-refractivity contribution in [3.05, 3.63) is 65.2 Å². The van der Waals surface area contributed by atoms with Crippen LogP contribution in [0.25, 0.3) is 0 Å². The molecule has 0 spiro atoms. The Bertz CT molecular complexity index is 649. The molecule has 0 aromatic heterocycles. The summed E-state index contributed by atoms with van der Waals surface area (Å²) in [5.74, 6) is 0.161. The Hall–Kier alpha value is -2.13. The van der Waals surface area contributed by atoms with Gasteiger partial charge in [-0.3, -0.25) is 9.69 Å². The maximum atomic E-state index is 12.6. The number of hydrogen-bond acceptors (Lipinski definition) is 3.